The number of rotatable bonds is 4. The van der Waals surface area contributed by atoms with Gasteiger partial charge in [0.05, 0.1) is 0 Å². The molecule has 0 saturated carbocycles. The predicted molar refractivity (Wildman–Crippen MR) is 82.6 cm³/mol. The molecule has 0 aliphatic heterocycles. The van der Waals surface area contributed by atoms with Gasteiger partial charge in [-0.3, -0.25) is 0 Å². The number of hydrogen-bond acceptors (Lipinski definition) is 5. The lowest BCUT2D eigenvalue weighted by molar-refractivity contribution is -0.191. The summed E-state index contributed by atoms with van der Waals surface area (Å²) < 4.78 is 5.47. The van der Waals surface area contributed by atoms with Crippen LogP contribution in [0, 0.1) is 0 Å². The Balaban J connectivity index is 0.000000595. The minimum absolute atomic E-state index is 0.250. The Hall–Kier alpha value is -2.95. The number of halogens is 1. The third-order valence-corrected chi connectivity index (χ3v) is 3.25. The Labute approximate surface area is 137 Å². The average molecular weight is 330 g/mol. The van der Waals surface area contributed by atoms with Crippen molar-refractivity contribution < 1.29 is 14.3 Å². The Bertz CT molecular complexity index is 768. The number of carbonyl (C=O) groups excluding carboxylic acids is 2. The van der Waals surface area contributed by atoms with Gasteiger partial charge in [-0.05, 0) is 17.2 Å². The van der Waals surface area contributed by atoms with Crippen LogP contribution in [0.25, 0.3) is 11.1 Å². The first-order valence-electron chi connectivity index (χ1n) is 6.56. The molecule has 0 saturated heterocycles. The van der Waals surface area contributed by atoms with Gasteiger partial charge in [0.2, 0.25) is 0 Å². The number of aromatic amines is 1. The van der Waals surface area contributed by atoms with Gasteiger partial charge < -0.3 is 4.74 Å². The van der Waals surface area contributed by atoms with Crippen LogP contribution in [0.5, 0.6) is 5.88 Å². The van der Waals surface area contributed by atoms with E-state index in [2.05, 4.69) is 15.4 Å². The van der Waals surface area contributed by atoms with Crippen molar-refractivity contribution in [2.75, 3.05) is 0 Å². The van der Waals surface area contributed by atoms with Crippen molar-refractivity contribution in [3.05, 3.63) is 65.3 Å². The number of nitrogens with zero attached hydrogens (tertiary/aromatic N) is 2. The molecule has 1 heterocycles. The number of benzene rings is 2. The fourth-order valence-electron chi connectivity index (χ4n) is 1.89. The molecular weight excluding hydrogens is 318 g/mol. The molecule has 0 fully saturated rings. The highest BCUT2D eigenvalue weighted by molar-refractivity contribution is 6.33. The van der Waals surface area contributed by atoms with Crippen molar-refractivity contribution in [1.82, 2.24) is 15.4 Å². The van der Waals surface area contributed by atoms with Crippen molar-refractivity contribution in [2.24, 2.45) is 0 Å². The van der Waals surface area contributed by atoms with Gasteiger partial charge in [0.25, 0.3) is 5.88 Å². The molecule has 0 spiro atoms. The maximum Gasteiger partial charge on any atom is 0.373 e. The van der Waals surface area contributed by atoms with Crippen LogP contribution < -0.4 is 4.74 Å². The highest BCUT2D eigenvalue weighted by Crippen LogP contribution is 2.27. The van der Waals surface area contributed by atoms with Crippen LogP contribution in [0.2, 0.25) is 5.02 Å². The number of nitrogens with one attached hydrogen (secondary N) is 1. The van der Waals surface area contributed by atoms with Crippen molar-refractivity contribution in [3.63, 3.8) is 0 Å². The first-order chi connectivity index (χ1) is 11.2. The second kappa shape index (κ2) is 8.48. The summed E-state index contributed by atoms with van der Waals surface area (Å²) >= 11 is 6.18. The maximum absolute atomic E-state index is 8.12. The summed E-state index contributed by atoms with van der Waals surface area (Å²) in [6, 6.07) is 15.9. The molecule has 1 aromatic heterocycles. The molecule has 0 aliphatic carbocycles. The molecule has 0 atom stereocenters. The van der Waals surface area contributed by atoms with Crippen LogP contribution in [0.1, 0.15) is 5.56 Å². The molecule has 0 radical (unpaired) electrons. The van der Waals surface area contributed by atoms with E-state index in [-0.39, 0.29) is 6.15 Å². The minimum Gasteiger partial charge on any atom is -0.471 e. The first kappa shape index (κ1) is 16.4. The molecule has 1 N–H and O–H groups in total. The summed E-state index contributed by atoms with van der Waals surface area (Å²) in [6.45, 7) is 0.454. The lowest BCUT2D eigenvalue weighted by Crippen LogP contribution is -1.95. The molecule has 6 nitrogen and oxygen atoms in total. The molecule has 116 valence electrons. The standard InChI is InChI=1S/C15H12ClN3O.CO2/c16-14-4-2-1-3-13(14)12-7-5-11(6-8-12)10-20-15-9-17-19-18-15;2-1-3/h1-9H,10H2,(H,17,18,19);. The van der Waals surface area contributed by atoms with Crippen LogP contribution in [-0.4, -0.2) is 21.6 Å². The largest absolute Gasteiger partial charge is 0.471 e. The Morgan fingerprint density at radius 3 is 2.39 bits per heavy atom. The molecular formula is C16H12ClN3O3. The maximum atomic E-state index is 8.12. The van der Waals surface area contributed by atoms with E-state index in [9.17, 15) is 0 Å². The molecule has 0 aliphatic rings. The number of ether oxygens (including phenoxy) is 1. The molecule has 2 aromatic carbocycles. The van der Waals surface area contributed by atoms with E-state index < -0.39 is 0 Å². The Morgan fingerprint density at radius 2 is 1.78 bits per heavy atom. The van der Waals surface area contributed by atoms with Crippen molar-refractivity contribution >= 4 is 17.8 Å². The lowest BCUT2D eigenvalue weighted by atomic mass is 10.0. The summed E-state index contributed by atoms with van der Waals surface area (Å²) in [5.41, 5.74) is 3.17. The fourth-order valence-corrected chi connectivity index (χ4v) is 2.14. The lowest BCUT2D eigenvalue weighted by Gasteiger charge is -2.06. The van der Waals surface area contributed by atoms with Gasteiger partial charge in [-0.25, -0.2) is 0 Å². The summed E-state index contributed by atoms with van der Waals surface area (Å²) in [7, 11) is 0. The topological polar surface area (TPSA) is 84.9 Å². The first-order valence-corrected chi connectivity index (χ1v) is 6.94. The number of hydrogen-bond donors (Lipinski definition) is 1. The van der Waals surface area contributed by atoms with Gasteiger partial charge in [0.1, 0.15) is 12.8 Å². The van der Waals surface area contributed by atoms with Gasteiger partial charge in [0, 0.05) is 10.6 Å². The smallest absolute Gasteiger partial charge is 0.373 e. The van der Waals surface area contributed by atoms with Crippen LogP contribution in [0.15, 0.2) is 54.7 Å². The zero-order valence-electron chi connectivity index (χ0n) is 11.9. The van der Waals surface area contributed by atoms with E-state index in [1.165, 1.54) is 6.20 Å². The molecule has 3 aromatic rings. The minimum atomic E-state index is 0.250. The summed E-state index contributed by atoms with van der Waals surface area (Å²) in [4.78, 5) is 16.2. The SMILES string of the molecule is Clc1ccccc1-c1ccc(COc2cn[nH]n2)cc1.O=C=O. The second-order valence-electron chi connectivity index (χ2n) is 4.36. The van der Waals surface area contributed by atoms with Gasteiger partial charge in [0.15, 0.2) is 0 Å². The van der Waals surface area contributed by atoms with E-state index >= 15 is 0 Å². The molecule has 7 heteroatoms. The summed E-state index contributed by atoms with van der Waals surface area (Å²) in [6.07, 6.45) is 1.79. The third-order valence-electron chi connectivity index (χ3n) is 2.92. The van der Waals surface area contributed by atoms with Crippen LogP contribution in [0.3, 0.4) is 0 Å². The van der Waals surface area contributed by atoms with Crippen molar-refractivity contribution in [2.45, 2.75) is 6.61 Å². The van der Waals surface area contributed by atoms with Crippen LogP contribution in [0.4, 0.5) is 0 Å². The quantitative estimate of drug-likeness (QED) is 0.795. The van der Waals surface area contributed by atoms with Crippen LogP contribution >= 0.6 is 11.6 Å². The van der Waals surface area contributed by atoms with E-state index in [1.54, 1.807) is 0 Å². The molecule has 23 heavy (non-hydrogen) atoms. The van der Waals surface area contributed by atoms with Gasteiger partial charge in [-0.15, -0.1) is 5.10 Å². The second-order valence-corrected chi connectivity index (χ2v) is 4.76. The van der Waals surface area contributed by atoms with Crippen LogP contribution in [-0.2, 0) is 16.2 Å². The van der Waals surface area contributed by atoms with Gasteiger partial charge in [-0.2, -0.15) is 19.9 Å². The monoisotopic (exact) mass is 329 g/mol. The Morgan fingerprint density at radius 1 is 1.09 bits per heavy atom. The molecule has 3 rings (SSSR count). The highest BCUT2D eigenvalue weighted by atomic mass is 35.5. The fraction of sp³-hybridized carbons (Fsp3) is 0.0625. The summed E-state index contributed by atoms with van der Waals surface area (Å²) in [5, 5.41) is 10.8. The molecule has 0 amide bonds. The highest BCUT2D eigenvalue weighted by Gasteiger charge is 2.03. The zero-order valence-corrected chi connectivity index (χ0v) is 12.7. The molecule has 0 bridgehead atoms. The summed E-state index contributed by atoms with van der Waals surface area (Å²) in [5.74, 6) is 0.486. The molecule has 0 unspecified atom stereocenters. The van der Waals surface area contributed by atoms with E-state index in [1.807, 2.05) is 48.5 Å². The van der Waals surface area contributed by atoms with E-state index in [4.69, 9.17) is 25.9 Å². The van der Waals surface area contributed by atoms with E-state index in [0.29, 0.717) is 12.5 Å². The van der Waals surface area contributed by atoms with Crippen molar-refractivity contribution in [1.29, 1.82) is 0 Å². The number of H-pyrrole nitrogens is 1. The third kappa shape index (κ3) is 4.78. The predicted octanol–water partition coefficient (Wildman–Crippen LogP) is 3.12. The van der Waals surface area contributed by atoms with Gasteiger partial charge in [-0.1, -0.05) is 54.1 Å². The zero-order chi connectivity index (χ0) is 16.5. The normalized spacial score (nSPS) is 9.43. The van der Waals surface area contributed by atoms with Gasteiger partial charge >= 0.3 is 6.15 Å². The van der Waals surface area contributed by atoms with E-state index in [0.717, 1.165) is 21.7 Å². The van der Waals surface area contributed by atoms with Crippen molar-refractivity contribution in [3.8, 4) is 17.0 Å². The number of aromatic nitrogens is 3. The Kier molecular flexibility index (Phi) is 6.06. The average Bonchev–Trinajstić information content (AvgIpc) is 3.08.